The fourth-order valence-electron chi connectivity index (χ4n) is 2.38. The third-order valence-corrected chi connectivity index (χ3v) is 4.66. The lowest BCUT2D eigenvalue weighted by atomic mass is 10.0. The Balaban J connectivity index is 2.05. The second-order valence-corrected chi connectivity index (χ2v) is 6.13. The normalized spacial score (nSPS) is 16.5. The van der Waals surface area contributed by atoms with E-state index in [1.807, 2.05) is 18.2 Å². The van der Waals surface area contributed by atoms with Gasteiger partial charge in [0, 0.05) is 22.5 Å². The average Bonchev–Trinajstić information content (AvgIpc) is 3.23. The predicted octanol–water partition coefficient (Wildman–Crippen LogP) is 3.86. The molecule has 1 aromatic heterocycles. The maximum Gasteiger partial charge on any atom is 0.295 e. The first-order valence-electron chi connectivity index (χ1n) is 6.32. The third-order valence-electron chi connectivity index (χ3n) is 3.58. The molecule has 0 bridgehead atoms. The molecule has 1 heterocycles. The molecule has 0 saturated heterocycles. The number of hydrogen-bond acceptors (Lipinski definition) is 3. The Morgan fingerprint density at radius 2 is 2.21 bits per heavy atom. The van der Waals surface area contributed by atoms with Crippen LogP contribution < -0.4 is 0 Å². The molecule has 4 nitrogen and oxygen atoms in total. The van der Waals surface area contributed by atoms with Crippen LogP contribution in [0.15, 0.2) is 30.5 Å². The zero-order valence-electron chi connectivity index (χ0n) is 10.3. The highest BCUT2D eigenvalue weighted by Gasteiger charge is 2.30. The molecule has 1 saturated carbocycles. The largest absolute Gasteiger partial charge is 0.295 e. The number of fused-ring (bicyclic) bond motifs is 1. The lowest BCUT2D eigenvalue weighted by molar-refractivity contribution is -0.383. The molecule has 1 fully saturated rings. The smallest absolute Gasteiger partial charge is 0.258 e. The van der Waals surface area contributed by atoms with Gasteiger partial charge in [0.05, 0.1) is 4.92 Å². The highest BCUT2D eigenvalue weighted by Crippen LogP contribution is 2.39. The molecule has 1 unspecified atom stereocenters. The highest BCUT2D eigenvalue weighted by molar-refractivity contribution is 9.09. The van der Waals surface area contributed by atoms with Gasteiger partial charge >= 0.3 is 0 Å². The Morgan fingerprint density at radius 1 is 1.42 bits per heavy atom. The topological polar surface area (TPSA) is 56.0 Å². The van der Waals surface area contributed by atoms with E-state index in [4.69, 9.17) is 0 Å². The lowest BCUT2D eigenvalue weighted by Gasteiger charge is -2.10. The summed E-state index contributed by atoms with van der Waals surface area (Å²) in [4.78, 5) is 15.3. The number of nitrogens with zero attached hydrogens (tertiary/aromatic N) is 2. The van der Waals surface area contributed by atoms with E-state index >= 15 is 0 Å². The zero-order valence-corrected chi connectivity index (χ0v) is 11.8. The van der Waals surface area contributed by atoms with Crippen LogP contribution in [-0.4, -0.2) is 14.7 Å². The SMILES string of the molecule is O=[N+]([O-])c1ccc(CC(Br)C2CC2)c2cccnc12. The van der Waals surface area contributed by atoms with Gasteiger partial charge in [-0.25, -0.2) is 4.98 Å². The van der Waals surface area contributed by atoms with Crippen LogP contribution in [0.5, 0.6) is 0 Å². The number of non-ortho nitro benzene ring substituents is 1. The van der Waals surface area contributed by atoms with Crippen molar-refractivity contribution in [2.75, 3.05) is 0 Å². The van der Waals surface area contributed by atoms with Gasteiger partial charge in [0.2, 0.25) is 0 Å². The zero-order chi connectivity index (χ0) is 13.4. The molecule has 2 aromatic rings. The van der Waals surface area contributed by atoms with Crippen molar-refractivity contribution in [3.63, 3.8) is 0 Å². The number of rotatable bonds is 4. The van der Waals surface area contributed by atoms with Gasteiger partial charge in [0.1, 0.15) is 5.52 Å². The molecule has 5 heteroatoms. The fourth-order valence-corrected chi connectivity index (χ4v) is 3.25. The van der Waals surface area contributed by atoms with Gasteiger partial charge in [-0.2, -0.15) is 0 Å². The van der Waals surface area contributed by atoms with E-state index in [1.54, 1.807) is 12.3 Å². The number of pyridine rings is 1. The van der Waals surface area contributed by atoms with E-state index < -0.39 is 0 Å². The Labute approximate surface area is 119 Å². The molecule has 0 spiro atoms. The summed E-state index contributed by atoms with van der Waals surface area (Å²) in [7, 11) is 0. The molecule has 1 aliphatic rings. The molecule has 19 heavy (non-hydrogen) atoms. The van der Waals surface area contributed by atoms with Gasteiger partial charge in [-0.3, -0.25) is 10.1 Å². The molecule has 0 N–H and O–H groups in total. The minimum atomic E-state index is -0.369. The summed E-state index contributed by atoms with van der Waals surface area (Å²) in [5.41, 5.74) is 1.69. The minimum absolute atomic E-state index is 0.0805. The molecule has 1 aromatic carbocycles. The summed E-state index contributed by atoms with van der Waals surface area (Å²) in [6.45, 7) is 0. The van der Waals surface area contributed by atoms with Crippen molar-refractivity contribution in [3.05, 3.63) is 46.1 Å². The van der Waals surface area contributed by atoms with Crippen LogP contribution >= 0.6 is 15.9 Å². The van der Waals surface area contributed by atoms with Crippen molar-refractivity contribution >= 4 is 32.5 Å². The number of benzene rings is 1. The first-order chi connectivity index (χ1) is 9.16. The summed E-state index contributed by atoms with van der Waals surface area (Å²) in [5.74, 6) is 0.752. The van der Waals surface area contributed by atoms with E-state index in [-0.39, 0.29) is 10.6 Å². The number of nitro benzene ring substituents is 1. The lowest BCUT2D eigenvalue weighted by Crippen LogP contribution is -2.06. The standard InChI is InChI=1S/C14H13BrN2O2/c15-12(9-3-4-9)8-10-5-6-13(17(18)19)14-11(10)2-1-7-16-14/h1-2,5-7,9,12H,3-4,8H2. The van der Waals surface area contributed by atoms with Gasteiger partial charge in [0.15, 0.2) is 0 Å². The van der Waals surface area contributed by atoms with Gasteiger partial charge in [-0.1, -0.05) is 28.1 Å². The van der Waals surface area contributed by atoms with E-state index in [9.17, 15) is 10.1 Å². The molecule has 3 rings (SSSR count). The Morgan fingerprint density at radius 3 is 2.89 bits per heavy atom. The summed E-state index contributed by atoms with van der Waals surface area (Å²) in [6.07, 6.45) is 5.05. The quantitative estimate of drug-likeness (QED) is 0.488. The first kappa shape index (κ1) is 12.5. The molecule has 0 aliphatic heterocycles. The highest BCUT2D eigenvalue weighted by atomic mass is 79.9. The van der Waals surface area contributed by atoms with Crippen LogP contribution in [0.25, 0.3) is 10.9 Å². The first-order valence-corrected chi connectivity index (χ1v) is 7.23. The molecule has 0 amide bonds. The van der Waals surface area contributed by atoms with E-state index in [1.165, 1.54) is 12.8 Å². The molecule has 1 aliphatic carbocycles. The van der Waals surface area contributed by atoms with Crippen LogP contribution in [0.4, 0.5) is 5.69 Å². The molecule has 0 radical (unpaired) electrons. The van der Waals surface area contributed by atoms with Gasteiger partial charge in [-0.05, 0) is 36.8 Å². The van der Waals surface area contributed by atoms with Crippen LogP contribution in [-0.2, 0) is 6.42 Å². The minimum Gasteiger partial charge on any atom is -0.258 e. The molecular formula is C14H13BrN2O2. The summed E-state index contributed by atoms with van der Waals surface area (Å²) >= 11 is 3.72. The number of nitro groups is 1. The molecule has 1 atom stereocenters. The summed E-state index contributed by atoms with van der Waals surface area (Å²) < 4.78 is 0. The monoisotopic (exact) mass is 320 g/mol. The second kappa shape index (κ2) is 4.89. The van der Waals surface area contributed by atoms with Gasteiger partial charge in [0.25, 0.3) is 5.69 Å². The third kappa shape index (κ3) is 2.47. The van der Waals surface area contributed by atoms with Gasteiger partial charge < -0.3 is 0 Å². The number of aromatic nitrogens is 1. The summed E-state index contributed by atoms with van der Waals surface area (Å²) in [5, 5.41) is 11.9. The second-order valence-electron chi connectivity index (χ2n) is 4.96. The van der Waals surface area contributed by atoms with Gasteiger partial charge in [-0.15, -0.1) is 0 Å². The number of alkyl halides is 1. The van der Waals surface area contributed by atoms with E-state index in [0.717, 1.165) is 23.3 Å². The van der Waals surface area contributed by atoms with Crippen molar-refractivity contribution in [2.24, 2.45) is 5.92 Å². The maximum absolute atomic E-state index is 11.0. The van der Waals surface area contributed by atoms with Crippen molar-refractivity contribution in [2.45, 2.75) is 24.1 Å². The molecular weight excluding hydrogens is 308 g/mol. The van der Waals surface area contributed by atoms with Crippen LogP contribution in [0.3, 0.4) is 0 Å². The van der Waals surface area contributed by atoms with Crippen LogP contribution in [0, 0.1) is 16.0 Å². The number of hydrogen-bond donors (Lipinski definition) is 0. The number of halogens is 1. The predicted molar refractivity (Wildman–Crippen MR) is 77.5 cm³/mol. The Hall–Kier alpha value is -1.49. The fraction of sp³-hybridized carbons (Fsp3) is 0.357. The van der Waals surface area contributed by atoms with Crippen molar-refractivity contribution < 1.29 is 4.92 Å². The average molecular weight is 321 g/mol. The Bertz CT molecular complexity index is 640. The molecule has 98 valence electrons. The van der Waals surface area contributed by atoms with E-state index in [0.29, 0.717) is 10.3 Å². The van der Waals surface area contributed by atoms with Crippen molar-refractivity contribution in [1.29, 1.82) is 0 Å². The van der Waals surface area contributed by atoms with E-state index in [2.05, 4.69) is 20.9 Å². The Kier molecular flexibility index (Phi) is 3.22. The van der Waals surface area contributed by atoms with Crippen LogP contribution in [0.2, 0.25) is 0 Å². The summed E-state index contributed by atoms with van der Waals surface area (Å²) in [6, 6.07) is 7.17. The van der Waals surface area contributed by atoms with Crippen molar-refractivity contribution in [1.82, 2.24) is 4.98 Å². The van der Waals surface area contributed by atoms with Crippen molar-refractivity contribution in [3.8, 4) is 0 Å². The van der Waals surface area contributed by atoms with Crippen LogP contribution in [0.1, 0.15) is 18.4 Å². The maximum atomic E-state index is 11.0.